The van der Waals surface area contributed by atoms with E-state index in [9.17, 15) is 23.2 Å². The normalized spacial score (nSPS) is 13.5. The van der Waals surface area contributed by atoms with Gasteiger partial charge >= 0.3 is 0 Å². The van der Waals surface area contributed by atoms with Crippen molar-refractivity contribution in [2.75, 3.05) is 39.3 Å². The Labute approximate surface area is 252 Å². The van der Waals surface area contributed by atoms with Crippen LogP contribution in [0.1, 0.15) is 45.8 Å². The van der Waals surface area contributed by atoms with Crippen LogP contribution in [0.15, 0.2) is 36.5 Å². The summed E-state index contributed by atoms with van der Waals surface area (Å²) >= 11 is 6.47. The van der Waals surface area contributed by atoms with Crippen molar-refractivity contribution in [3.8, 4) is 23.1 Å². The highest BCUT2D eigenvalue weighted by Crippen LogP contribution is 2.30. The zero-order chi connectivity index (χ0) is 31.1. The van der Waals surface area contributed by atoms with Crippen LogP contribution in [0.3, 0.4) is 0 Å². The maximum atomic E-state index is 14.8. The van der Waals surface area contributed by atoms with Crippen LogP contribution in [0.4, 0.5) is 8.78 Å². The van der Waals surface area contributed by atoms with Gasteiger partial charge in [-0.3, -0.25) is 19.3 Å². The fourth-order valence-electron chi connectivity index (χ4n) is 4.96. The van der Waals surface area contributed by atoms with Crippen LogP contribution in [-0.4, -0.2) is 76.3 Å². The first-order valence-corrected chi connectivity index (χ1v) is 14.1. The second-order valence-electron chi connectivity index (χ2n) is 10.2. The number of nitrogens with zero attached hydrogens (tertiary/aromatic N) is 5. The monoisotopic (exact) mass is 612 g/mol. The lowest BCUT2D eigenvalue weighted by Gasteiger charge is -2.35. The number of hydrogen-bond acceptors (Lipinski definition) is 7. The molecule has 0 bridgehead atoms. The molecule has 10 nitrogen and oxygen atoms in total. The second kappa shape index (κ2) is 14.2. The maximum absolute atomic E-state index is 14.8. The number of carbonyl (C=O) groups excluding carboxylic acids is 3. The van der Waals surface area contributed by atoms with Gasteiger partial charge in [0.2, 0.25) is 17.5 Å². The summed E-state index contributed by atoms with van der Waals surface area (Å²) in [6.45, 7) is 2.94. The predicted molar refractivity (Wildman–Crippen MR) is 155 cm³/mol. The van der Waals surface area contributed by atoms with E-state index in [0.717, 1.165) is 19.4 Å². The number of primary amides is 1. The lowest BCUT2D eigenvalue weighted by molar-refractivity contribution is -0.118. The van der Waals surface area contributed by atoms with E-state index in [4.69, 9.17) is 27.3 Å². The summed E-state index contributed by atoms with van der Waals surface area (Å²) in [5.41, 5.74) is 6.14. The third-order valence-corrected chi connectivity index (χ3v) is 7.60. The molecule has 4 rings (SSSR count). The number of aromatic nitrogens is 2. The van der Waals surface area contributed by atoms with E-state index in [0.29, 0.717) is 43.7 Å². The number of unbranched alkanes of at least 4 members (excludes halogenated alkanes) is 1. The van der Waals surface area contributed by atoms with Crippen molar-refractivity contribution in [1.82, 2.24) is 19.4 Å². The molecule has 43 heavy (non-hydrogen) atoms. The van der Waals surface area contributed by atoms with E-state index in [-0.39, 0.29) is 46.1 Å². The summed E-state index contributed by atoms with van der Waals surface area (Å²) in [5, 5.41) is 8.82. The molecule has 0 saturated carbocycles. The lowest BCUT2D eigenvalue weighted by atomic mass is 10.0. The third kappa shape index (κ3) is 7.55. The van der Waals surface area contributed by atoms with Gasteiger partial charge in [0.25, 0.3) is 5.91 Å². The summed E-state index contributed by atoms with van der Waals surface area (Å²) < 4.78 is 35.5. The van der Waals surface area contributed by atoms with E-state index in [1.807, 2.05) is 0 Å². The number of imidazole rings is 1. The van der Waals surface area contributed by atoms with Gasteiger partial charge in [-0.1, -0.05) is 17.7 Å². The Morgan fingerprint density at radius 2 is 1.84 bits per heavy atom. The number of ether oxygens (including phenoxy) is 1. The Balaban J connectivity index is 1.37. The predicted octanol–water partition coefficient (Wildman–Crippen LogP) is 3.76. The topological polar surface area (TPSA) is 135 Å². The minimum Gasteiger partial charge on any atom is -0.476 e. The smallest absolute Gasteiger partial charge is 0.255 e. The molecule has 2 aromatic carbocycles. The molecule has 1 fully saturated rings. The van der Waals surface area contributed by atoms with E-state index < -0.39 is 24.0 Å². The number of benzene rings is 2. The minimum atomic E-state index is -1.25. The van der Waals surface area contributed by atoms with Crippen molar-refractivity contribution in [3.63, 3.8) is 0 Å². The van der Waals surface area contributed by atoms with Crippen molar-refractivity contribution in [1.29, 1.82) is 5.26 Å². The van der Waals surface area contributed by atoms with Gasteiger partial charge in [0.1, 0.15) is 6.07 Å². The van der Waals surface area contributed by atoms with Crippen molar-refractivity contribution in [2.45, 2.75) is 25.7 Å². The SMILES string of the molecule is Cn1c(-c2ccc(OCC#N)c(F)c2F)cnc1C(=O)Cc1ccc(C(=O)N2CCN(CCCCC(N)=O)CC2)c(Cl)c1. The quantitative estimate of drug-likeness (QED) is 0.243. The van der Waals surface area contributed by atoms with Crippen LogP contribution in [0.2, 0.25) is 5.02 Å². The number of halogens is 3. The van der Waals surface area contributed by atoms with Crippen molar-refractivity contribution in [2.24, 2.45) is 12.8 Å². The average molecular weight is 613 g/mol. The number of piperazine rings is 1. The van der Waals surface area contributed by atoms with Crippen LogP contribution in [0.5, 0.6) is 5.75 Å². The van der Waals surface area contributed by atoms with Gasteiger partial charge in [0, 0.05) is 51.6 Å². The molecule has 3 aromatic rings. The fourth-order valence-corrected chi connectivity index (χ4v) is 5.24. The number of rotatable bonds is 12. The second-order valence-corrected chi connectivity index (χ2v) is 10.6. The van der Waals surface area contributed by atoms with Gasteiger partial charge in [-0.25, -0.2) is 9.37 Å². The standard InChI is InChI=1S/C30H31ClF2N6O4/c1-37-23(21-7-8-25(43-15-9-34)28(33)27(21)32)18-36-29(37)24(40)17-19-5-6-20(22(31)16-19)30(42)39-13-11-38(12-14-39)10-3-2-4-26(35)41/h5-8,16,18H,2-4,10-15,17H2,1H3,(H2,35,41). The molecule has 0 aliphatic carbocycles. The number of nitrogens with two attached hydrogens (primary N) is 1. The van der Waals surface area contributed by atoms with Crippen LogP contribution >= 0.6 is 11.6 Å². The minimum absolute atomic E-state index is 0.0309. The Bertz CT molecular complexity index is 1560. The Morgan fingerprint density at radius 3 is 2.51 bits per heavy atom. The number of Topliss-reactive ketones (excluding diaryl/α,β-unsaturated/α-hetero) is 1. The molecule has 226 valence electrons. The summed E-state index contributed by atoms with van der Waals surface area (Å²) in [6, 6.07) is 9.01. The molecule has 2 heterocycles. The van der Waals surface area contributed by atoms with Gasteiger partial charge in [0.05, 0.1) is 22.5 Å². The molecule has 0 spiro atoms. The molecular formula is C30H31ClF2N6O4. The highest BCUT2D eigenvalue weighted by Gasteiger charge is 2.25. The first kappa shape index (κ1) is 31.6. The summed E-state index contributed by atoms with van der Waals surface area (Å²) in [7, 11) is 1.52. The number of nitriles is 1. The molecule has 0 radical (unpaired) electrons. The van der Waals surface area contributed by atoms with Crippen LogP contribution in [-0.2, 0) is 18.3 Å². The largest absolute Gasteiger partial charge is 0.476 e. The molecule has 1 aliphatic rings. The molecule has 1 aliphatic heterocycles. The van der Waals surface area contributed by atoms with Gasteiger partial charge in [-0.2, -0.15) is 9.65 Å². The zero-order valence-electron chi connectivity index (χ0n) is 23.6. The van der Waals surface area contributed by atoms with Crippen LogP contribution in [0, 0.1) is 23.0 Å². The van der Waals surface area contributed by atoms with E-state index in [1.54, 1.807) is 29.2 Å². The van der Waals surface area contributed by atoms with E-state index in [2.05, 4.69) is 9.88 Å². The van der Waals surface area contributed by atoms with Gasteiger partial charge in [-0.05, 0) is 49.2 Å². The van der Waals surface area contributed by atoms with Crippen LogP contribution in [0.25, 0.3) is 11.3 Å². The first-order chi connectivity index (χ1) is 20.6. The molecule has 0 unspecified atom stereocenters. The molecular weight excluding hydrogens is 582 g/mol. The van der Waals surface area contributed by atoms with Gasteiger partial charge in [-0.15, -0.1) is 0 Å². The lowest BCUT2D eigenvalue weighted by Crippen LogP contribution is -2.48. The molecule has 1 saturated heterocycles. The number of carbonyl (C=O) groups is 3. The molecule has 13 heteroatoms. The van der Waals surface area contributed by atoms with E-state index >= 15 is 0 Å². The summed E-state index contributed by atoms with van der Waals surface area (Å²) in [6.07, 6.45) is 3.18. The average Bonchev–Trinajstić information content (AvgIpc) is 3.37. The van der Waals surface area contributed by atoms with Gasteiger partial charge in [0.15, 0.2) is 24.0 Å². The Kier molecular flexibility index (Phi) is 10.4. The molecule has 2 amide bonds. The number of ketones is 1. The molecule has 2 N–H and O–H groups in total. The summed E-state index contributed by atoms with van der Waals surface area (Å²) in [5.74, 6) is -3.67. The Hall–Kier alpha value is -4.34. The third-order valence-electron chi connectivity index (χ3n) is 7.29. The van der Waals surface area contributed by atoms with Gasteiger partial charge < -0.3 is 19.9 Å². The Morgan fingerprint density at radius 1 is 1.09 bits per heavy atom. The van der Waals surface area contributed by atoms with Crippen molar-refractivity contribution < 1.29 is 27.9 Å². The number of hydrogen-bond donors (Lipinski definition) is 1. The van der Waals surface area contributed by atoms with Crippen molar-refractivity contribution in [3.05, 3.63) is 70.1 Å². The highest BCUT2D eigenvalue weighted by molar-refractivity contribution is 6.34. The number of amides is 2. The first-order valence-electron chi connectivity index (χ1n) is 13.7. The highest BCUT2D eigenvalue weighted by atomic mass is 35.5. The zero-order valence-corrected chi connectivity index (χ0v) is 24.4. The maximum Gasteiger partial charge on any atom is 0.255 e. The van der Waals surface area contributed by atoms with E-state index in [1.165, 1.54) is 29.9 Å². The van der Waals surface area contributed by atoms with Crippen LogP contribution < -0.4 is 10.5 Å². The van der Waals surface area contributed by atoms with Crippen molar-refractivity contribution >= 4 is 29.2 Å². The molecule has 0 atom stereocenters. The summed E-state index contributed by atoms with van der Waals surface area (Å²) in [4.78, 5) is 45.2. The fraction of sp³-hybridized carbons (Fsp3) is 0.367. The molecule has 1 aromatic heterocycles.